The van der Waals surface area contributed by atoms with Crippen LogP contribution in [0.2, 0.25) is 0 Å². The van der Waals surface area contributed by atoms with Crippen molar-refractivity contribution in [3.8, 4) is 0 Å². The van der Waals surface area contributed by atoms with Gasteiger partial charge in [-0.15, -0.1) is 0 Å². The lowest BCUT2D eigenvalue weighted by Gasteiger charge is -2.38. The first-order valence-corrected chi connectivity index (χ1v) is 6.36. The number of nitrogens with two attached hydrogens (primary N) is 1. The van der Waals surface area contributed by atoms with Crippen molar-refractivity contribution in [2.75, 3.05) is 0 Å². The lowest BCUT2D eigenvalue weighted by Crippen LogP contribution is -2.49. The number of hydrogen-bond donors (Lipinski definition) is 1. The lowest BCUT2D eigenvalue weighted by molar-refractivity contribution is 0.195. The maximum Gasteiger partial charge on any atom is 0.0209 e. The molecule has 1 aromatic carbocycles. The van der Waals surface area contributed by atoms with E-state index in [1.807, 2.05) is 0 Å². The molecule has 1 saturated carbocycles. The van der Waals surface area contributed by atoms with Crippen LogP contribution in [0, 0.1) is 5.41 Å². The van der Waals surface area contributed by atoms with Gasteiger partial charge in [0, 0.05) is 5.54 Å². The zero-order chi connectivity index (χ0) is 11.6. The topological polar surface area (TPSA) is 26.0 Å². The molecule has 16 heavy (non-hydrogen) atoms. The summed E-state index contributed by atoms with van der Waals surface area (Å²) >= 11 is 0. The van der Waals surface area contributed by atoms with E-state index in [1.54, 1.807) is 0 Å². The zero-order valence-corrected chi connectivity index (χ0v) is 10.5. The second-order valence-electron chi connectivity index (χ2n) is 5.88. The van der Waals surface area contributed by atoms with Gasteiger partial charge in [0.25, 0.3) is 0 Å². The third-order valence-corrected chi connectivity index (χ3v) is 4.48. The molecule has 0 radical (unpaired) electrons. The standard InChI is InChI=1S/C15H23N/c1-14(2)10-6-11-15(14,16)12-9-13-7-4-3-5-8-13/h3-5,7-8H,6,9-12,16H2,1-2H3. The van der Waals surface area contributed by atoms with Crippen molar-refractivity contribution in [2.24, 2.45) is 11.1 Å². The van der Waals surface area contributed by atoms with Crippen LogP contribution in [0.4, 0.5) is 0 Å². The van der Waals surface area contributed by atoms with E-state index in [2.05, 4.69) is 44.2 Å². The third kappa shape index (κ3) is 2.15. The van der Waals surface area contributed by atoms with E-state index in [0.29, 0.717) is 5.41 Å². The van der Waals surface area contributed by atoms with Gasteiger partial charge in [-0.3, -0.25) is 0 Å². The molecule has 0 aliphatic heterocycles. The lowest BCUT2D eigenvalue weighted by atomic mass is 9.72. The highest BCUT2D eigenvalue weighted by Crippen LogP contribution is 2.46. The average molecular weight is 217 g/mol. The van der Waals surface area contributed by atoms with Gasteiger partial charge < -0.3 is 5.73 Å². The van der Waals surface area contributed by atoms with Gasteiger partial charge in [-0.05, 0) is 36.7 Å². The average Bonchev–Trinajstić information content (AvgIpc) is 2.53. The summed E-state index contributed by atoms with van der Waals surface area (Å²) in [5.41, 5.74) is 8.35. The van der Waals surface area contributed by atoms with Crippen molar-refractivity contribution >= 4 is 0 Å². The Morgan fingerprint density at radius 1 is 1.12 bits per heavy atom. The molecule has 1 aromatic rings. The Morgan fingerprint density at radius 3 is 2.38 bits per heavy atom. The first kappa shape index (κ1) is 11.7. The fourth-order valence-corrected chi connectivity index (χ4v) is 2.91. The van der Waals surface area contributed by atoms with Crippen LogP contribution in [0.1, 0.15) is 45.1 Å². The molecule has 0 amide bonds. The molecule has 0 heterocycles. The Balaban J connectivity index is 2.00. The summed E-state index contributed by atoms with van der Waals surface area (Å²) < 4.78 is 0. The minimum Gasteiger partial charge on any atom is -0.325 e. The second kappa shape index (κ2) is 4.21. The van der Waals surface area contributed by atoms with Gasteiger partial charge in [0.1, 0.15) is 0 Å². The van der Waals surface area contributed by atoms with Crippen LogP contribution in [-0.4, -0.2) is 5.54 Å². The molecule has 1 heteroatoms. The van der Waals surface area contributed by atoms with Crippen LogP contribution in [0.15, 0.2) is 30.3 Å². The highest BCUT2D eigenvalue weighted by Gasteiger charge is 2.44. The molecule has 0 saturated heterocycles. The molecule has 0 spiro atoms. The molecule has 88 valence electrons. The number of benzene rings is 1. The van der Waals surface area contributed by atoms with E-state index in [-0.39, 0.29) is 5.54 Å². The van der Waals surface area contributed by atoms with E-state index < -0.39 is 0 Å². The van der Waals surface area contributed by atoms with Crippen molar-refractivity contribution in [3.05, 3.63) is 35.9 Å². The molecule has 2 N–H and O–H groups in total. The van der Waals surface area contributed by atoms with Crippen LogP contribution >= 0.6 is 0 Å². The first-order chi connectivity index (χ1) is 7.54. The molecule has 1 unspecified atom stereocenters. The van der Waals surface area contributed by atoms with Crippen molar-refractivity contribution < 1.29 is 0 Å². The molecule has 1 nitrogen and oxygen atoms in total. The van der Waals surface area contributed by atoms with Crippen LogP contribution in [0.3, 0.4) is 0 Å². The van der Waals surface area contributed by atoms with Gasteiger partial charge in [-0.1, -0.05) is 50.6 Å². The minimum absolute atomic E-state index is 0.0445. The predicted molar refractivity (Wildman–Crippen MR) is 69.3 cm³/mol. The van der Waals surface area contributed by atoms with Crippen molar-refractivity contribution in [1.82, 2.24) is 0 Å². The van der Waals surface area contributed by atoms with Gasteiger partial charge in [0.05, 0.1) is 0 Å². The molecule has 0 bridgehead atoms. The molecule has 1 aliphatic carbocycles. The number of rotatable bonds is 3. The van der Waals surface area contributed by atoms with Crippen LogP contribution in [0.25, 0.3) is 0 Å². The van der Waals surface area contributed by atoms with Crippen LogP contribution in [0.5, 0.6) is 0 Å². The summed E-state index contributed by atoms with van der Waals surface area (Å²) in [4.78, 5) is 0. The highest BCUT2D eigenvalue weighted by molar-refractivity contribution is 5.16. The zero-order valence-electron chi connectivity index (χ0n) is 10.5. The largest absolute Gasteiger partial charge is 0.325 e. The Labute approximate surface area is 99.0 Å². The molecule has 0 aromatic heterocycles. The number of aryl methyl sites for hydroxylation is 1. The molecule has 1 aliphatic rings. The Kier molecular flexibility index (Phi) is 3.07. The molecule has 2 rings (SSSR count). The molecular weight excluding hydrogens is 194 g/mol. The summed E-state index contributed by atoms with van der Waals surface area (Å²) in [5.74, 6) is 0. The fraction of sp³-hybridized carbons (Fsp3) is 0.600. The maximum absolute atomic E-state index is 6.58. The molecule has 1 atom stereocenters. The quantitative estimate of drug-likeness (QED) is 0.823. The maximum atomic E-state index is 6.58. The Bertz CT molecular complexity index is 342. The summed E-state index contributed by atoms with van der Waals surface area (Å²) in [6, 6.07) is 10.7. The van der Waals surface area contributed by atoms with Gasteiger partial charge in [0.2, 0.25) is 0 Å². The highest BCUT2D eigenvalue weighted by atomic mass is 14.8. The fourth-order valence-electron chi connectivity index (χ4n) is 2.91. The monoisotopic (exact) mass is 217 g/mol. The van der Waals surface area contributed by atoms with Gasteiger partial charge in [-0.2, -0.15) is 0 Å². The smallest absolute Gasteiger partial charge is 0.0209 e. The predicted octanol–water partition coefficient (Wildman–Crippen LogP) is 3.53. The SMILES string of the molecule is CC1(C)CCCC1(N)CCc1ccccc1. The van der Waals surface area contributed by atoms with E-state index >= 15 is 0 Å². The summed E-state index contributed by atoms with van der Waals surface area (Å²) in [7, 11) is 0. The molecule has 1 fully saturated rings. The summed E-state index contributed by atoms with van der Waals surface area (Å²) in [5, 5.41) is 0. The van der Waals surface area contributed by atoms with Gasteiger partial charge in [-0.25, -0.2) is 0 Å². The Morgan fingerprint density at radius 2 is 1.81 bits per heavy atom. The second-order valence-corrected chi connectivity index (χ2v) is 5.88. The number of hydrogen-bond acceptors (Lipinski definition) is 1. The normalized spacial score (nSPS) is 28.2. The third-order valence-electron chi connectivity index (χ3n) is 4.48. The summed E-state index contributed by atoms with van der Waals surface area (Å²) in [6.45, 7) is 4.65. The van der Waals surface area contributed by atoms with E-state index in [1.165, 1.54) is 24.8 Å². The van der Waals surface area contributed by atoms with E-state index in [9.17, 15) is 0 Å². The van der Waals surface area contributed by atoms with Crippen LogP contribution in [-0.2, 0) is 6.42 Å². The first-order valence-electron chi connectivity index (χ1n) is 6.36. The summed E-state index contributed by atoms with van der Waals surface area (Å²) in [6.07, 6.45) is 5.98. The van der Waals surface area contributed by atoms with Gasteiger partial charge >= 0.3 is 0 Å². The Hall–Kier alpha value is -0.820. The van der Waals surface area contributed by atoms with Crippen molar-refractivity contribution in [2.45, 2.75) is 51.5 Å². The minimum atomic E-state index is 0.0445. The van der Waals surface area contributed by atoms with Crippen molar-refractivity contribution in [3.63, 3.8) is 0 Å². The van der Waals surface area contributed by atoms with E-state index in [0.717, 1.165) is 12.8 Å². The molecular formula is C15H23N. The van der Waals surface area contributed by atoms with Gasteiger partial charge in [0.15, 0.2) is 0 Å². The van der Waals surface area contributed by atoms with Crippen molar-refractivity contribution in [1.29, 1.82) is 0 Å². The van der Waals surface area contributed by atoms with E-state index in [4.69, 9.17) is 5.73 Å². The van der Waals surface area contributed by atoms with Crippen LogP contribution < -0.4 is 5.73 Å².